The molecule has 1 aromatic heterocycles. The maximum Gasteiger partial charge on any atom is 0.242 e. The minimum atomic E-state index is -0.628. The second-order valence-electron chi connectivity index (χ2n) is 5.95. The van der Waals surface area contributed by atoms with Crippen molar-refractivity contribution in [3.63, 3.8) is 0 Å². The smallest absolute Gasteiger partial charge is 0.242 e. The normalized spacial score (nSPS) is 11.6. The number of pyridine rings is 1. The van der Waals surface area contributed by atoms with Gasteiger partial charge < -0.3 is 15.8 Å². The number of amides is 1. The molecule has 5 nitrogen and oxygen atoms in total. The molecule has 3 N–H and O–H groups in total. The topological polar surface area (TPSA) is 77.2 Å². The van der Waals surface area contributed by atoms with Crippen molar-refractivity contribution in [2.45, 2.75) is 12.5 Å². The summed E-state index contributed by atoms with van der Waals surface area (Å²) in [6, 6.07) is 20.5. The summed E-state index contributed by atoms with van der Waals surface area (Å²) in [5.74, 6) is 1.01. The van der Waals surface area contributed by atoms with Crippen LogP contribution in [0.15, 0.2) is 72.9 Å². The van der Waals surface area contributed by atoms with E-state index >= 15 is 0 Å². The highest BCUT2D eigenvalue weighted by molar-refractivity contribution is 5.94. The van der Waals surface area contributed by atoms with Gasteiger partial charge >= 0.3 is 0 Å². The number of benzene rings is 2. The van der Waals surface area contributed by atoms with Gasteiger partial charge in [0.05, 0.1) is 13.2 Å². The van der Waals surface area contributed by atoms with Crippen molar-refractivity contribution in [1.29, 1.82) is 0 Å². The Morgan fingerprint density at radius 2 is 1.88 bits per heavy atom. The fourth-order valence-corrected chi connectivity index (χ4v) is 2.62. The van der Waals surface area contributed by atoms with E-state index in [2.05, 4.69) is 10.3 Å². The summed E-state index contributed by atoms with van der Waals surface area (Å²) in [4.78, 5) is 16.6. The number of nitrogens with zero attached hydrogens (tertiary/aromatic N) is 1. The Hall–Kier alpha value is -3.18. The van der Waals surface area contributed by atoms with Gasteiger partial charge in [-0.2, -0.15) is 0 Å². The second-order valence-corrected chi connectivity index (χ2v) is 5.95. The van der Waals surface area contributed by atoms with Gasteiger partial charge in [0.2, 0.25) is 5.91 Å². The van der Waals surface area contributed by atoms with E-state index in [0.717, 1.165) is 22.4 Å². The van der Waals surface area contributed by atoms with Crippen molar-refractivity contribution < 1.29 is 9.53 Å². The Kier molecular flexibility index (Phi) is 5.61. The lowest BCUT2D eigenvalue weighted by atomic mass is 10.1. The van der Waals surface area contributed by atoms with Crippen LogP contribution in [-0.4, -0.2) is 24.0 Å². The van der Waals surface area contributed by atoms with E-state index < -0.39 is 6.04 Å². The number of ether oxygens (including phenoxy) is 1. The molecule has 5 heteroatoms. The highest BCUT2D eigenvalue weighted by Crippen LogP contribution is 2.23. The van der Waals surface area contributed by atoms with Crippen LogP contribution < -0.4 is 15.8 Å². The van der Waals surface area contributed by atoms with Gasteiger partial charge in [0, 0.05) is 11.8 Å². The molecule has 0 aliphatic carbocycles. The molecule has 0 spiro atoms. The third-order valence-electron chi connectivity index (χ3n) is 4.05. The summed E-state index contributed by atoms with van der Waals surface area (Å²) in [6.45, 7) is 0. The Bertz CT molecular complexity index is 864. The van der Waals surface area contributed by atoms with Crippen LogP contribution in [0.3, 0.4) is 0 Å². The van der Waals surface area contributed by atoms with E-state index in [1.165, 1.54) is 0 Å². The third-order valence-corrected chi connectivity index (χ3v) is 4.05. The zero-order valence-electron chi connectivity index (χ0n) is 14.6. The van der Waals surface area contributed by atoms with Crippen LogP contribution >= 0.6 is 0 Å². The standard InChI is InChI=1S/C21H21N3O2/c1-26-18-9-5-8-16(13-18)17-10-11-20(23-14-17)24-21(25)19(22)12-15-6-3-2-4-7-15/h2-11,13-14,19H,12,22H2,1H3,(H,23,24,25). The highest BCUT2D eigenvalue weighted by Gasteiger charge is 2.14. The number of carbonyl (C=O) groups is 1. The van der Waals surface area contributed by atoms with Crippen LogP contribution in [0.2, 0.25) is 0 Å². The summed E-state index contributed by atoms with van der Waals surface area (Å²) < 4.78 is 5.24. The minimum absolute atomic E-state index is 0.254. The molecule has 1 amide bonds. The van der Waals surface area contributed by atoms with Crippen molar-refractivity contribution in [1.82, 2.24) is 4.98 Å². The molecule has 0 radical (unpaired) electrons. The third kappa shape index (κ3) is 4.46. The van der Waals surface area contributed by atoms with Crippen LogP contribution in [0, 0.1) is 0 Å². The van der Waals surface area contributed by atoms with Crippen molar-refractivity contribution in [3.05, 3.63) is 78.5 Å². The molecule has 1 heterocycles. The molecule has 1 atom stereocenters. The molecule has 2 aromatic carbocycles. The largest absolute Gasteiger partial charge is 0.497 e. The van der Waals surface area contributed by atoms with Gasteiger partial charge in [-0.3, -0.25) is 4.79 Å². The first-order valence-corrected chi connectivity index (χ1v) is 8.36. The van der Waals surface area contributed by atoms with Gasteiger partial charge in [0.25, 0.3) is 0 Å². The van der Waals surface area contributed by atoms with Gasteiger partial charge in [-0.15, -0.1) is 0 Å². The predicted molar refractivity (Wildman–Crippen MR) is 103 cm³/mol. The van der Waals surface area contributed by atoms with E-state index in [9.17, 15) is 4.79 Å². The number of carbonyl (C=O) groups excluding carboxylic acids is 1. The van der Waals surface area contributed by atoms with E-state index in [0.29, 0.717) is 12.2 Å². The molecule has 3 rings (SSSR count). The summed E-state index contributed by atoms with van der Waals surface area (Å²) >= 11 is 0. The SMILES string of the molecule is COc1cccc(-c2ccc(NC(=O)C(N)Cc3ccccc3)nc2)c1. The van der Waals surface area contributed by atoms with Crippen molar-refractivity contribution in [3.8, 4) is 16.9 Å². The molecule has 0 aliphatic rings. The number of anilines is 1. The molecular formula is C21H21N3O2. The number of nitrogens with two attached hydrogens (primary N) is 1. The first kappa shape index (κ1) is 17.6. The van der Waals surface area contributed by atoms with Crippen LogP contribution in [0.1, 0.15) is 5.56 Å². The van der Waals surface area contributed by atoms with Gasteiger partial charge in [-0.1, -0.05) is 42.5 Å². The van der Waals surface area contributed by atoms with Gasteiger partial charge in [0.15, 0.2) is 0 Å². The quantitative estimate of drug-likeness (QED) is 0.717. The maximum atomic E-state index is 12.3. The van der Waals surface area contributed by atoms with E-state index in [4.69, 9.17) is 10.5 Å². The first-order chi connectivity index (χ1) is 12.7. The molecule has 132 valence electrons. The summed E-state index contributed by atoms with van der Waals surface area (Å²) in [5.41, 5.74) is 8.96. The molecule has 3 aromatic rings. The van der Waals surface area contributed by atoms with Crippen LogP contribution in [0.4, 0.5) is 5.82 Å². The zero-order chi connectivity index (χ0) is 18.4. The molecule has 0 saturated heterocycles. The average Bonchev–Trinajstić information content (AvgIpc) is 2.69. The summed E-state index contributed by atoms with van der Waals surface area (Å²) in [5, 5.41) is 2.76. The van der Waals surface area contributed by atoms with Crippen molar-refractivity contribution in [2.75, 3.05) is 12.4 Å². The van der Waals surface area contributed by atoms with Crippen LogP contribution in [0.5, 0.6) is 5.75 Å². The van der Waals surface area contributed by atoms with E-state index in [1.807, 2.05) is 60.7 Å². The monoisotopic (exact) mass is 347 g/mol. The molecular weight excluding hydrogens is 326 g/mol. The maximum absolute atomic E-state index is 12.3. The summed E-state index contributed by atoms with van der Waals surface area (Å²) in [6.07, 6.45) is 2.20. The Morgan fingerprint density at radius 3 is 2.58 bits per heavy atom. The van der Waals surface area contributed by atoms with Gasteiger partial charge in [-0.25, -0.2) is 4.98 Å². The lowest BCUT2D eigenvalue weighted by molar-refractivity contribution is -0.117. The number of hydrogen-bond donors (Lipinski definition) is 2. The fraction of sp³-hybridized carbons (Fsp3) is 0.143. The lowest BCUT2D eigenvalue weighted by Gasteiger charge is -2.12. The first-order valence-electron chi connectivity index (χ1n) is 8.36. The molecule has 0 saturated carbocycles. The molecule has 0 aliphatic heterocycles. The molecule has 26 heavy (non-hydrogen) atoms. The number of hydrogen-bond acceptors (Lipinski definition) is 4. The lowest BCUT2D eigenvalue weighted by Crippen LogP contribution is -2.37. The van der Waals surface area contributed by atoms with Crippen LogP contribution in [-0.2, 0) is 11.2 Å². The second kappa shape index (κ2) is 8.27. The van der Waals surface area contributed by atoms with Crippen molar-refractivity contribution >= 4 is 11.7 Å². The fourth-order valence-electron chi connectivity index (χ4n) is 2.62. The Morgan fingerprint density at radius 1 is 1.08 bits per heavy atom. The molecule has 0 fully saturated rings. The van der Waals surface area contributed by atoms with E-state index in [1.54, 1.807) is 19.4 Å². The Balaban J connectivity index is 1.64. The minimum Gasteiger partial charge on any atom is -0.497 e. The number of methoxy groups -OCH3 is 1. The van der Waals surface area contributed by atoms with Gasteiger partial charge in [0.1, 0.15) is 11.6 Å². The Labute approximate surface area is 152 Å². The van der Waals surface area contributed by atoms with Gasteiger partial charge in [-0.05, 0) is 41.8 Å². The molecule has 1 unspecified atom stereocenters. The van der Waals surface area contributed by atoms with Crippen LogP contribution in [0.25, 0.3) is 11.1 Å². The van der Waals surface area contributed by atoms with E-state index in [-0.39, 0.29) is 5.91 Å². The average molecular weight is 347 g/mol. The highest BCUT2D eigenvalue weighted by atomic mass is 16.5. The predicted octanol–water partition coefficient (Wildman–Crippen LogP) is 3.27. The number of aromatic nitrogens is 1. The summed E-state index contributed by atoms with van der Waals surface area (Å²) in [7, 11) is 1.63. The molecule has 0 bridgehead atoms. The van der Waals surface area contributed by atoms with Crippen molar-refractivity contribution in [2.24, 2.45) is 5.73 Å². The number of nitrogens with one attached hydrogen (secondary N) is 1. The zero-order valence-corrected chi connectivity index (χ0v) is 14.6. The number of rotatable bonds is 6.